The van der Waals surface area contributed by atoms with Crippen LogP contribution in [0.5, 0.6) is 34.5 Å². The van der Waals surface area contributed by atoms with Crippen LogP contribution in [-0.4, -0.2) is 86.1 Å². The molecule has 1 aliphatic heterocycles. The number of carbonyl (C=O) groups is 1. The van der Waals surface area contributed by atoms with Crippen molar-refractivity contribution in [3.63, 3.8) is 0 Å². The summed E-state index contributed by atoms with van der Waals surface area (Å²) >= 11 is 0. The van der Waals surface area contributed by atoms with E-state index in [4.69, 9.17) is 23.4 Å². The fourth-order valence-electron chi connectivity index (χ4n) is 4.59. The predicted octanol–water partition coefficient (Wildman–Crippen LogP) is 1.73. The summed E-state index contributed by atoms with van der Waals surface area (Å²) in [7, 11) is 1.37. The van der Waals surface area contributed by atoms with Crippen molar-refractivity contribution in [3.05, 3.63) is 76.5 Å². The van der Waals surface area contributed by atoms with Crippen LogP contribution in [0.4, 0.5) is 0 Å². The average molecular weight is 625 g/mol. The number of hydrogen-bond acceptors (Lipinski definition) is 14. The number of carbonyl (C=O) groups excluding carboxylic acids is 1. The van der Waals surface area contributed by atoms with Gasteiger partial charge >= 0.3 is 5.97 Å². The first-order chi connectivity index (χ1) is 21.4. The lowest BCUT2D eigenvalue weighted by Gasteiger charge is -2.39. The summed E-state index contributed by atoms with van der Waals surface area (Å²) in [5, 5.41) is 70.8. The highest BCUT2D eigenvalue weighted by molar-refractivity contribution is 5.87. The summed E-state index contributed by atoms with van der Waals surface area (Å²) < 4.78 is 27.1. The predicted molar refractivity (Wildman–Crippen MR) is 155 cm³/mol. The zero-order chi connectivity index (χ0) is 32.4. The highest BCUT2D eigenvalue weighted by atomic mass is 16.7. The van der Waals surface area contributed by atoms with Crippen LogP contribution in [-0.2, 0) is 14.3 Å². The van der Waals surface area contributed by atoms with Crippen molar-refractivity contribution in [1.82, 2.24) is 0 Å². The lowest BCUT2D eigenvalue weighted by atomic mass is 9.99. The van der Waals surface area contributed by atoms with E-state index in [-0.39, 0.29) is 45.3 Å². The van der Waals surface area contributed by atoms with E-state index in [1.54, 1.807) is 0 Å². The van der Waals surface area contributed by atoms with Gasteiger partial charge in [-0.2, -0.15) is 0 Å². The smallest absolute Gasteiger partial charge is 0.330 e. The molecule has 1 fully saturated rings. The first kappa shape index (κ1) is 31.2. The third kappa shape index (κ3) is 6.63. The van der Waals surface area contributed by atoms with E-state index in [9.17, 15) is 45.3 Å². The molecular formula is C31H28O14. The highest BCUT2D eigenvalue weighted by Crippen LogP contribution is 2.35. The molecule has 0 saturated carbocycles. The molecule has 0 bridgehead atoms. The molecule has 1 saturated heterocycles. The van der Waals surface area contributed by atoms with E-state index in [1.807, 2.05) is 0 Å². The van der Waals surface area contributed by atoms with Gasteiger partial charge in [-0.3, -0.25) is 4.79 Å². The van der Waals surface area contributed by atoms with Gasteiger partial charge in [-0.1, -0.05) is 6.07 Å². The molecule has 14 heteroatoms. The SMILES string of the molecule is COc1cc(/C=C/C(=O)OC[C@H]2O[C@@H](Oc3cc(O)c4c(=O)cc(-c5ccc(O)c(O)c5)oc4c3)[C@H](O)[C@@H](O)[C@@H]2O)ccc1O. The molecule has 0 radical (unpaired) electrons. The van der Waals surface area contributed by atoms with Crippen LogP contribution in [0, 0.1) is 0 Å². The Morgan fingerprint density at radius 2 is 1.62 bits per heavy atom. The summed E-state index contributed by atoms with van der Waals surface area (Å²) in [6.07, 6.45) is -5.74. The van der Waals surface area contributed by atoms with Crippen LogP contribution in [0.15, 0.2) is 69.9 Å². The number of phenols is 4. The summed E-state index contributed by atoms with van der Waals surface area (Å²) in [4.78, 5) is 25.1. The Morgan fingerprint density at radius 1 is 0.867 bits per heavy atom. The molecule has 236 valence electrons. The average Bonchev–Trinajstić information content (AvgIpc) is 3.01. The third-order valence-electron chi connectivity index (χ3n) is 6.97. The van der Waals surface area contributed by atoms with Gasteiger partial charge in [0, 0.05) is 29.8 Å². The monoisotopic (exact) mass is 624 g/mol. The Labute approximate surface area is 253 Å². The van der Waals surface area contributed by atoms with Crippen molar-refractivity contribution in [2.24, 2.45) is 0 Å². The maximum atomic E-state index is 12.8. The quantitative estimate of drug-likeness (QED) is 0.0842. The normalized spacial score (nSPS) is 21.6. The minimum atomic E-state index is -1.78. The number of esters is 1. The molecular weight excluding hydrogens is 596 g/mol. The van der Waals surface area contributed by atoms with Crippen LogP contribution in [0.1, 0.15) is 5.56 Å². The van der Waals surface area contributed by atoms with Crippen LogP contribution in [0.25, 0.3) is 28.4 Å². The van der Waals surface area contributed by atoms with Gasteiger partial charge in [0.1, 0.15) is 59.3 Å². The Balaban J connectivity index is 1.31. The van der Waals surface area contributed by atoms with E-state index < -0.39 is 60.2 Å². The van der Waals surface area contributed by atoms with Gasteiger partial charge in [0.25, 0.3) is 0 Å². The molecule has 5 rings (SSSR count). The molecule has 0 unspecified atom stereocenters. The van der Waals surface area contributed by atoms with Gasteiger partial charge in [0.2, 0.25) is 6.29 Å². The zero-order valence-electron chi connectivity index (χ0n) is 23.4. The molecule has 0 spiro atoms. The Hall–Kier alpha value is -5.28. The Morgan fingerprint density at radius 3 is 2.36 bits per heavy atom. The molecule has 3 aromatic carbocycles. The van der Waals surface area contributed by atoms with Crippen LogP contribution in [0.2, 0.25) is 0 Å². The number of phenolic OH excluding ortho intramolecular Hbond substituents is 4. The summed E-state index contributed by atoms with van der Waals surface area (Å²) in [5.41, 5.74) is -0.0102. The number of aliphatic hydroxyl groups excluding tert-OH is 3. The molecule has 5 atom stereocenters. The van der Waals surface area contributed by atoms with Crippen molar-refractivity contribution >= 4 is 23.0 Å². The summed E-state index contributed by atoms with van der Waals surface area (Å²) in [5.74, 6) is -2.25. The molecule has 4 aromatic rings. The summed E-state index contributed by atoms with van der Waals surface area (Å²) in [6.45, 7) is -0.548. The molecule has 14 nitrogen and oxygen atoms in total. The topological polar surface area (TPSA) is 226 Å². The Bertz CT molecular complexity index is 1810. The number of rotatable bonds is 8. The minimum absolute atomic E-state index is 0.00711. The van der Waals surface area contributed by atoms with Crippen LogP contribution < -0.4 is 14.9 Å². The van der Waals surface area contributed by atoms with Crippen molar-refractivity contribution in [1.29, 1.82) is 0 Å². The maximum Gasteiger partial charge on any atom is 0.330 e. The fraction of sp³-hybridized carbons (Fsp3) is 0.226. The molecule has 0 amide bonds. The molecule has 7 N–H and O–H groups in total. The number of fused-ring (bicyclic) bond motifs is 1. The van der Waals surface area contributed by atoms with Crippen LogP contribution >= 0.6 is 0 Å². The number of ether oxygens (including phenoxy) is 4. The van der Waals surface area contributed by atoms with Crippen molar-refractivity contribution in [2.75, 3.05) is 13.7 Å². The van der Waals surface area contributed by atoms with Gasteiger partial charge in [-0.05, 0) is 42.0 Å². The van der Waals surface area contributed by atoms with Crippen molar-refractivity contribution in [3.8, 4) is 45.8 Å². The first-order valence-electron chi connectivity index (χ1n) is 13.4. The van der Waals surface area contributed by atoms with Gasteiger partial charge in [0.15, 0.2) is 28.4 Å². The van der Waals surface area contributed by atoms with Gasteiger partial charge < -0.3 is 59.1 Å². The van der Waals surface area contributed by atoms with Gasteiger partial charge in [-0.15, -0.1) is 0 Å². The molecule has 1 aliphatic rings. The van der Waals surface area contributed by atoms with E-state index in [0.717, 1.165) is 18.2 Å². The standard InChI is InChI=1S/C31H28O14/c1-41-23-8-14(2-5-18(23)33)3-7-26(37)42-13-25-28(38)29(39)30(40)31(45-25)43-16-10-20(35)27-21(36)12-22(44-24(27)11-16)15-4-6-17(32)19(34)9-15/h2-12,25,28-35,38-40H,13H2,1H3/b7-3+/t25-,28-,29+,30-,31-/m1/s1. The van der Waals surface area contributed by atoms with Gasteiger partial charge in [-0.25, -0.2) is 4.79 Å². The van der Waals surface area contributed by atoms with E-state index in [2.05, 4.69) is 0 Å². The first-order valence-corrected chi connectivity index (χ1v) is 13.4. The lowest BCUT2D eigenvalue weighted by molar-refractivity contribution is -0.278. The van der Waals surface area contributed by atoms with Gasteiger partial charge in [0.05, 0.1) is 7.11 Å². The largest absolute Gasteiger partial charge is 0.507 e. The van der Waals surface area contributed by atoms with Crippen LogP contribution in [0.3, 0.4) is 0 Å². The summed E-state index contributed by atoms with van der Waals surface area (Å²) in [6, 6.07) is 11.5. The molecule has 0 aliphatic carbocycles. The number of aliphatic hydroxyl groups is 3. The van der Waals surface area contributed by atoms with Crippen molar-refractivity contribution < 1.29 is 63.9 Å². The molecule has 45 heavy (non-hydrogen) atoms. The Kier molecular flexibility index (Phi) is 8.83. The van der Waals surface area contributed by atoms with Crippen molar-refractivity contribution in [2.45, 2.75) is 30.7 Å². The fourth-order valence-corrected chi connectivity index (χ4v) is 4.59. The lowest BCUT2D eigenvalue weighted by Crippen LogP contribution is -2.60. The second kappa shape index (κ2) is 12.8. The minimum Gasteiger partial charge on any atom is -0.507 e. The number of methoxy groups -OCH3 is 1. The van der Waals surface area contributed by atoms with E-state index in [1.165, 1.54) is 55.7 Å². The second-order valence-electron chi connectivity index (χ2n) is 10.0. The number of benzene rings is 3. The number of hydrogen-bond donors (Lipinski definition) is 7. The maximum absolute atomic E-state index is 12.8. The van der Waals surface area contributed by atoms with E-state index >= 15 is 0 Å². The molecule has 1 aromatic heterocycles. The number of aromatic hydroxyl groups is 4. The van der Waals surface area contributed by atoms with E-state index in [0.29, 0.717) is 5.56 Å². The third-order valence-corrected chi connectivity index (χ3v) is 6.97. The highest BCUT2D eigenvalue weighted by Gasteiger charge is 2.45. The molecule has 2 heterocycles. The second-order valence-corrected chi connectivity index (χ2v) is 10.0. The zero-order valence-corrected chi connectivity index (χ0v) is 23.4.